The summed E-state index contributed by atoms with van der Waals surface area (Å²) >= 11 is 0. The van der Waals surface area contributed by atoms with Crippen LogP contribution < -0.4 is 11.1 Å². The number of imidazole rings is 1. The van der Waals surface area contributed by atoms with E-state index < -0.39 is 12.7 Å². The number of nitrogens with zero attached hydrogens (tertiary/aromatic N) is 6. The molecule has 0 bridgehead atoms. The predicted molar refractivity (Wildman–Crippen MR) is 107 cm³/mol. The van der Waals surface area contributed by atoms with Crippen molar-refractivity contribution in [2.24, 2.45) is 0 Å². The maximum Gasteiger partial charge on any atom is 0.406 e. The molecule has 0 aliphatic rings. The second-order valence-corrected chi connectivity index (χ2v) is 6.83. The molecule has 0 saturated carbocycles. The van der Waals surface area contributed by atoms with Gasteiger partial charge in [0, 0.05) is 18.1 Å². The number of para-hydroxylation sites is 1. The number of nitrogens with two attached hydrogens (primary N) is 1. The lowest BCUT2D eigenvalue weighted by molar-refractivity contribution is -0.141. The van der Waals surface area contributed by atoms with Crippen LogP contribution in [0.3, 0.4) is 0 Å². The summed E-state index contributed by atoms with van der Waals surface area (Å²) in [4.78, 5) is 18.4. The van der Waals surface area contributed by atoms with Gasteiger partial charge in [0.2, 0.25) is 11.9 Å². The summed E-state index contributed by atoms with van der Waals surface area (Å²) in [6, 6.07) is 7.79. The Morgan fingerprint density at radius 2 is 1.90 bits per heavy atom. The van der Waals surface area contributed by atoms with E-state index in [4.69, 9.17) is 5.73 Å². The standard InChI is InChI=1S/C19H23F3N8/c1-3-13-6-4-5-7-14(13)25-18-27-15(26-17(23)28-18)10-29(2)11-16-24-8-9-30(16)12-19(20,21)22/h4-9H,3,10-12H2,1-2H3,(H3,23,25,26,27,28). The Morgan fingerprint density at radius 1 is 1.13 bits per heavy atom. The number of nitrogen functional groups attached to an aromatic ring is 1. The van der Waals surface area contributed by atoms with Gasteiger partial charge in [-0.1, -0.05) is 25.1 Å². The number of hydrogen-bond acceptors (Lipinski definition) is 7. The zero-order valence-electron chi connectivity index (χ0n) is 16.7. The summed E-state index contributed by atoms with van der Waals surface area (Å²) < 4.78 is 39.2. The summed E-state index contributed by atoms with van der Waals surface area (Å²) in [5, 5.41) is 3.16. The second kappa shape index (κ2) is 9.08. The Balaban J connectivity index is 1.71. The molecule has 3 N–H and O–H groups in total. The Labute approximate surface area is 172 Å². The second-order valence-electron chi connectivity index (χ2n) is 6.83. The van der Waals surface area contributed by atoms with Gasteiger partial charge in [0.15, 0.2) is 0 Å². The predicted octanol–water partition coefficient (Wildman–Crippen LogP) is 3.15. The number of aromatic nitrogens is 5. The number of hydrogen-bond donors (Lipinski definition) is 2. The van der Waals surface area contributed by atoms with E-state index in [1.54, 1.807) is 11.9 Å². The van der Waals surface area contributed by atoms with Crippen molar-refractivity contribution in [2.75, 3.05) is 18.1 Å². The van der Waals surface area contributed by atoms with Gasteiger partial charge in [0.25, 0.3) is 0 Å². The van der Waals surface area contributed by atoms with Gasteiger partial charge in [-0.15, -0.1) is 0 Å². The molecule has 11 heteroatoms. The first-order chi connectivity index (χ1) is 14.2. The Bertz CT molecular complexity index is 986. The number of alkyl halides is 3. The quantitative estimate of drug-likeness (QED) is 0.578. The normalized spacial score (nSPS) is 11.8. The van der Waals surface area contributed by atoms with Gasteiger partial charge in [-0.2, -0.15) is 28.1 Å². The van der Waals surface area contributed by atoms with Crippen LogP contribution in [0.4, 0.5) is 30.8 Å². The fourth-order valence-corrected chi connectivity index (χ4v) is 3.00. The summed E-state index contributed by atoms with van der Waals surface area (Å²) in [5.74, 6) is 1.07. The van der Waals surface area contributed by atoms with Crippen LogP contribution in [0.15, 0.2) is 36.7 Å². The van der Waals surface area contributed by atoms with Crippen molar-refractivity contribution in [3.05, 3.63) is 53.9 Å². The van der Waals surface area contributed by atoms with Gasteiger partial charge in [0.1, 0.15) is 18.2 Å². The van der Waals surface area contributed by atoms with Crippen LogP contribution in [0, 0.1) is 0 Å². The highest BCUT2D eigenvalue weighted by Gasteiger charge is 2.29. The maximum absolute atomic E-state index is 12.7. The molecule has 2 aromatic heterocycles. The molecule has 3 rings (SSSR count). The van der Waals surface area contributed by atoms with E-state index in [0.29, 0.717) is 17.6 Å². The van der Waals surface area contributed by atoms with E-state index in [1.807, 2.05) is 31.2 Å². The first-order valence-corrected chi connectivity index (χ1v) is 9.34. The van der Waals surface area contributed by atoms with E-state index >= 15 is 0 Å². The van der Waals surface area contributed by atoms with E-state index in [9.17, 15) is 13.2 Å². The first kappa shape index (κ1) is 21.5. The van der Waals surface area contributed by atoms with E-state index in [1.165, 1.54) is 12.4 Å². The molecule has 0 amide bonds. The Kier molecular flexibility index (Phi) is 6.50. The number of rotatable bonds is 8. The van der Waals surface area contributed by atoms with Crippen molar-refractivity contribution in [3.63, 3.8) is 0 Å². The van der Waals surface area contributed by atoms with Gasteiger partial charge >= 0.3 is 6.18 Å². The molecule has 3 aromatic rings. The van der Waals surface area contributed by atoms with Crippen molar-refractivity contribution < 1.29 is 13.2 Å². The van der Waals surface area contributed by atoms with Crippen molar-refractivity contribution in [2.45, 2.75) is 39.2 Å². The average Bonchev–Trinajstić information content (AvgIpc) is 3.06. The number of nitrogens with one attached hydrogen (secondary N) is 1. The molecule has 0 aliphatic carbocycles. The molecule has 0 aliphatic heterocycles. The molecule has 0 radical (unpaired) electrons. The summed E-state index contributed by atoms with van der Waals surface area (Å²) in [5.41, 5.74) is 7.80. The van der Waals surface area contributed by atoms with Crippen molar-refractivity contribution in [1.82, 2.24) is 29.4 Å². The van der Waals surface area contributed by atoms with Crippen molar-refractivity contribution in [3.8, 4) is 0 Å². The van der Waals surface area contributed by atoms with Gasteiger partial charge in [0.05, 0.1) is 13.1 Å². The molecule has 0 spiro atoms. The summed E-state index contributed by atoms with van der Waals surface area (Å²) in [6.07, 6.45) is -0.816. The molecule has 2 heterocycles. The molecule has 160 valence electrons. The molecule has 0 unspecified atom stereocenters. The summed E-state index contributed by atoms with van der Waals surface area (Å²) in [7, 11) is 1.74. The minimum atomic E-state index is -4.31. The molecule has 30 heavy (non-hydrogen) atoms. The van der Waals surface area contributed by atoms with Crippen molar-refractivity contribution >= 4 is 17.6 Å². The lowest BCUT2D eigenvalue weighted by Crippen LogP contribution is -2.24. The van der Waals surface area contributed by atoms with E-state index in [0.717, 1.165) is 22.2 Å². The van der Waals surface area contributed by atoms with Crippen LogP contribution in [0.25, 0.3) is 0 Å². The molecule has 0 saturated heterocycles. The molecule has 0 atom stereocenters. The monoisotopic (exact) mass is 420 g/mol. The third-order valence-electron chi connectivity index (χ3n) is 4.32. The lowest BCUT2D eigenvalue weighted by atomic mass is 10.1. The van der Waals surface area contributed by atoms with E-state index in [2.05, 4.69) is 25.3 Å². The largest absolute Gasteiger partial charge is 0.406 e. The Hall–Kier alpha value is -3.21. The molecular formula is C19H23F3N8. The number of anilines is 3. The zero-order chi connectivity index (χ0) is 21.7. The molecule has 0 fully saturated rings. The van der Waals surface area contributed by atoms with Crippen LogP contribution >= 0.6 is 0 Å². The highest BCUT2D eigenvalue weighted by Crippen LogP contribution is 2.20. The third-order valence-corrected chi connectivity index (χ3v) is 4.32. The van der Waals surface area contributed by atoms with Crippen LogP contribution in [0.1, 0.15) is 24.1 Å². The van der Waals surface area contributed by atoms with Crippen LogP contribution in [0.5, 0.6) is 0 Å². The minimum absolute atomic E-state index is 0.0588. The lowest BCUT2D eigenvalue weighted by Gasteiger charge is -2.18. The van der Waals surface area contributed by atoms with E-state index in [-0.39, 0.29) is 19.0 Å². The summed E-state index contributed by atoms with van der Waals surface area (Å²) in [6.45, 7) is 1.41. The fraction of sp³-hybridized carbons (Fsp3) is 0.368. The van der Waals surface area contributed by atoms with Gasteiger partial charge in [-0.05, 0) is 25.1 Å². The highest BCUT2D eigenvalue weighted by molar-refractivity contribution is 5.58. The first-order valence-electron chi connectivity index (χ1n) is 9.34. The van der Waals surface area contributed by atoms with Crippen LogP contribution in [-0.4, -0.2) is 42.6 Å². The zero-order valence-corrected chi connectivity index (χ0v) is 16.7. The molecule has 8 nitrogen and oxygen atoms in total. The maximum atomic E-state index is 12.7. The smallest absolute Gasteiger partial charge is 0.368 e. The third kappa shape index (κ3) is 5.89. The van der Waals surface area contributed by atoms with Crippen molar-refractivity contribution in [1.29, 1.82) is 0 Å². The van der Waals surface area contributed by atoms with Crippen LogP contribution in [0.2, 0.25) is 0 Å². The molecular weight excluding hydrogens is 397 g/mol. The van der Waals surface area contributed by atoms with Gasteiger partial charge in [-0.25, -0.2) is 4.98 Å². The van der Waals surface area contributed by atoms with Gasteiger partial charge < -0.3 is 15.6 Å². The Morgan fingerprint density at radius 3 is 2.63 bits per heavy atom. The SMILES string of the molecule is CCc1ccccc1Nc1nc(N)nc(CN(C)Cc2nccn2CC(F)(F)F)n1. The number of halogens is 3. The topological polar surface area (TPSA) is 97.8 Å². The average molecular weight is 420 g/mol. The van der Waals surface area contributed by atoms with Gasteiger partial charge in [-0.3, -0.25) is 4.90 Å². The fourth-order valence-electron chi connectivity index (χ4n) is 3.00. The minimum Gasteiger partial charge on any atom is -0.368 e. The van der Waals surface area contributed by atoms with Crippen LogP contribution in [-0.2, 0) is 26.1 Å². The highest BCUT2D eigenvalue weighted by atomic mass is 19.4. The number of benzene rings is 1. The number of aryl methyl sites for hydroxylation is 1. The molecule has 1 aromatic carbocycles.